The molecule has 0 aliphatic carbocycles. The number of hydrogen-bond donors (Lipinski definition) is 2. The molecular formula is C27H24ClN5O2. The number of fused-ring (bicyclic) bond motifs is 1. The van der Waals surface area contributed by atoms with Gasteiger partial charge in [-0.15, -0.1) is 0 Å². The zero-order valence-corrected chi connectivity index (χ0v) is 20.1. The molecule has 0 radical (unpaired) electrons. The molecule has 1 aliphatic heterocycles. The number of allylic oxidation sites excluding steroid dienone is 1. The van der Waals surface area contributed by atoms with Crippen molar-refractivity contribution in [2.75, 3.05) is 10.6 Å². The van der Waals surface area contributed by atoms with Gasteiger partial charge in [-0.3, -0.25) is 4.79 Å². The van der Waals surface area contributed by atoms with Gasteiger partial charge in [0.05, 0.1) is 5.57 Å². The standard InChI is InChI=1S/C27H24ClN5O2/c1-17-4-3-5-19(14-17)15-35-23-12-6-20(7-13-23)25-24(18(2)31-27-29-16-30-33(25)27)26(34)32-22-10-8-21(28)9-11-22/h3-14,16,25H,15H2,1-2H3,(H,32,34)(H,29,30,31)/t25-/m1/s1. The number of anilines is 2. The van der Waals surface area contributed by atoms with Crippen LogP contribution in [0.25, 0.3) is 0 Å². The monoisotopic (exact) mass is 485 g/mol. The summed E-state index contributed by atoms with van der Waals surface area (Å²) in [6, 6.07) is 22.5. The van der Waals surface area contributed by atoms with Gasteiger partial charge in [0.15, 0.2) is 0 Å². The molecule has 176 valence electrons. The van der Waals surface area contributed by atoms with Crippen LogP contribution in [0.5, 0.6) is 5.75 Å². The molecule has 0 bridgehead atoms. The van der Waals surface area contributed by atoms with Crippen LogP contribution in [0.3, 0.4) is 0 Å². The largest absolute Gasteiger partial charge is 0.489 e. The Morgan fingerprint density at radius 3 is 2.60 bits per heavy atom. The molecule has 0 spiro atoms. The fourth-order valence-corrected chi connectivity index (χ4v) is 4.27. The minimum atomic E-state index is -0.452. The molecule has 8 heteroatoms. The van der Waals surface area contributed by atoms with Crippen molar-refractivity contribution in [1.82, 2.24) is 14.8 Å². The van der Waals surface area contributed by atoms with Crippen LogP contribution >= 0.6 is 11.6 Å². The van der Waals surface area contributed by atoms with E-state index in [0.717, 1.165) is 16.9 Å². The molecule has 5 rings (SSSR count). The van der Waals surface area contributed by atoms with Crippen molar-refractivity contribution in [3.63, 3.8) is 0 Å². The minimum Gasteiger partial charge on any atom is -0.489 e. The molecule has 1 atom stereocenters. The van der Waals surface area contributed by atoms with Crippen LogP contribution in [0.15, 0.2) is 90.4 Å². The molecule has 0 fully saturated rings. The molecular weight excluding hydrogens is 462 g/mol. The number of halogens is 1. The van der Waals surface area contributed by atoms with Gasteiger partial charge in [-0.25, -0.2) is 4.68 Å². The van der Waals surface area contributed by atoms with E-state index in [2.05, 4.69) is 39.8 Å². The number of carbonyl (C=O) groups excluding carboxylic acids is 1. The van der Waals surface area contributed by atoms with Crippen molar-refractivity contribution < 1.29 is 9.53 Å². The van der Waals surface area contributed by atoms with Crippen molar-refractivity contribution in [3.8, 4) is 5.75 Å². The van der Waals surface area contributed by atoms with Crippen molar-refractivity contribution in [3.05, 3.63) is 112 Å². The van der Waals surface area contributed by atoms with E-state index in [-0.39, 0.29) is 5.91 Å². The van der Waals surface area contributed by atoms with Gasteiger partial charge in [0, 0.05) is 16.4 Å². The van der Waals surface area contributed by atoms with Crippen LogP contribution in [0.2, 0.25) is 5.02 Å². The smallest absolute Gasteiger partial charge is 0.255 e. The molecule has 1 aromatic heterocycles. The molecule has 1 amide bonds. The molecule has 0 unspecified atom stereocenters. The Labute approximate surface area is 208 Å². The predicted octanol–water partition coefficient (Wildman–Crippen LogP) is 5.75. The Hall–Kier alpha value is -4.10. The van der Waals surface area contributed by atoms with Crippen molar-refractivity contribution in [1.29, 1.82) is 0 Å². The highest BCUT2D eigenvalue weighted by atomic mass is 35.5. The van der Waals surface area contributed by atoms with Crippen LogP contribution in [-0.2, 0) is 11.4 Å². The van der Waals surface area contributed by atoms with Crippen LogP contribution in [0.4, 0.5) is 11.6 Å². The molecule has 1 aliphatic rings. The first kappa shape index (κ1) is 22.7. The van der Waals surface area contributed by atoms with Gasteiger partial charge in [0.1, 0.15) is 24.7 Å². The zero-order chi connectivity index (χ0) is 24.4. The van der Waals surface area contributed by atoms with Crippen LogP contribution < -0.4 is 15.4 Å². The Kier molecular flexibility index (Phi) is 6.25. The van der Waals surface area contributed by atoms with Gasteiger partial charge >= 0.3 is 0 Å². The summed E-state index contributed by atoms with van der Waals surface area (Å²) in [5.74, 6) is 1.09. The Bertz CT molecular complexity index is 1390. The van der Waals surface area contributed by atoms with E-state index in [1.807, 2.05) is 43.3 Å². The third-order valence-electron chi connectivity index (χ3n) is 5.82. The first-order valence-corrected chi connectivity index (χ1v) is 11.6. The molecule has 2 heterocycles. The molecule has 0 saturated carbocycles. The summed E-state index contributed by atoms with van der Waals surface area (Å²) in [6.45, 7) is 4.41. The summed E-state index contributed by atoms with van der Waals surface area (Å²) >= 11 is 5.98. The van der Waals surface area contributed by atoms with Crippen LogP contribution in [0, 0.1) is 6.92 Å². The molecule has 35 heavy (non-hydrogen) atoms. The molecule has 4 aromatic rings. The van der Waals surface area contributed by atoms with Crippen molar-refractivity contribution >= 4 is 29.1 Å². The van der Waals surface area contributed by atoms with E-state index in [1.54, 1.807) is 28.9 Å². The lowest BCUT2D eigenvalue weighted by Crippen LogP contribution is -2.31. The Morgan fingerprint density at radius 2 is 1.86 bits per heavy atom. The number of aromatic nitrogens is 3. The van der Waals surface area contributed by atoms with Crippen molar-refractivity contribution in [2.24, 2.45) is 0 Å². The number of carbonyl (C=O) groups is 1. The number of hydrogen-bond acceptors (Lipinski definition) is 5. The molecule has 2 N–H and O–H groups in total. The van der Waals surface area contributed by atoms with Gasteiger partial charge in [0.25, 0.3) is 5.91 Å². The highest BCUT2D eigenvalue weighted by molar-refractivity contribution is 6.30. The van der Waals surface area contributed by atoms with E-state index in [0.29, 0.717) is 34.5 Å². The molecule has 7 nitrogen and oxygen atoms in total. The first-order chi connectivity index (χ1) is 17.0. The van der Waals surface area contributed by atoms with Gasteiger partial charge in [0.2, 0.25) is 5.95 Å². The van der Waals surface area contributed by atoms with E-state index < -0.39 is 6.04 Å². The van der Waals surface area contributed by atoms with Crippen LogP contribution in [0.1, 0.15) is 29.7 Å². The number of nitrogens with one attached hydrogen (secondary N) is 2. The van der Waals surface area contributed by atoms with Gasteiger partial charge < -0.3 is 15.4 Å². The Balaban J connectivity index is 1.40. The zero-order valence-electron chi connectivity index (χ0n) is 19.3. The lowest BCUT2D eigenvalue weighted by Gasteiger charge is -2.28. The summed E-state index contributed by atoms with van der Waals surface area (Å²) in [5, 5.41) is 11.1. The SMILES string of the molecule is CC1=C(C(=O)Nc2ccc(Cl)cc2)[C@@H](c2ccc(OCc3cccc(C)c3)cc2)n2ncnc2N1. The van der Waals surface area contributed by atoms with Crippen LogP contribution in [-0.4, -0.2) is 20.7 Å². The van der Waals surface area contributed by atoms with E-state index >= 15 is 0 Å². The fourth-order valence-electron chi connectivity index (χ4n) is 4.14. The number of rotatable bonds is 6. The second kappa shape index (κ2) is 9.64. The average molecular weight is 486 g/mol. The number of nitrogens with zero attached hydrogens (tertiary/aromatic N) is 3. The summed E-state index contributed by atoms with van der Waals surface area (Å²) < 4.78 is 7.69. The average Bonchev–Trinajstić information content (AvgIpc) is 3.32. The normalized spacial score (nSPS) is 14.8. The first-order valence-electron chi connectivity index (χ1n) is 11.2. The summed E-state index contributed by atoms with van der Waals surface area (Å²) in [7, 11) is 0. The molecule has 3 aromatic carbocycles. The lowest BCUT2D eigenvalue weighted by atomic mass is 9.95. The highest BCUT2D eigenvalue weighted by Crippen LogP contribution is 2.36. The second-order valence-corrected chi connectivity index (χ2v) is 8.84. The predicted molar refractivity (Wildman–Crippen MR) is 137 cm³/mol. The van der Waals surface area contributed by atoms with E-state index in [4.69, 9.17) is 16.3 Å². The van der Waals surface area contributed by atoms with E-state index in [1.165, 1.54) is 11.9 Å². The molecule has 0 saturated heterocycles. The fraction of sp³-hybridized carbons (Fsp3) is 0.148. The quantitative estimate of drug-likeness (QED) is 0.363. The summed E-state index contributed by atoms with van der Waals surface area (Å²) in [4.78, 5) is 17.7. The number of amides is 1. The highest BCUT2D eigenvalue weighted by Gasteiger charge is 2.33. The van der Waals surface area contributed by atoms with Crippen molar-refractivity contribution in [2.45, 2.75) is 26.5 Å². The number of ether oxygens (including phenoxy) is 1. The van der Waals surface area contributed by atoms with Gasteiger partial charge in [-0.05, 0) is 61.4 Å². The minimum absolute atomic E-state index is 0.233. The van der Waals surface area contributed by atoms with Gasteiger partial charge in [-0.1, -0.05) is 53.6 Å². The number of aryl methyl sites for hydroxylation is 1. The number of benzene rings is 3. The Morgan fingerprint density at radius 1 is 1.09 bits per heavy atom. The maximum atomic E-state index is 13.4. The topological polar surface area (TPSA) is 81.1 Å². The van der Waals surface area contributed by atoms with Gasteiger partial charge in [-0.2, -0.15) is 10.1 Å². The lowest BCUT2D eigenvalue weighted by molar-refractivity contribution is -0.113. The second-order valence-electron chi connectivity index (χ2n) is 8.40. The summed E-state index contributed by atoms with van der Waals surface area (Å²) in [6.07, 6.45) is 1.47. The maximum absolute atomic E-state index is 13.4. The summed E-state index contributed by atoms with van der Waals surface area (Å²) in [5.41, 5.74) is 5.11. The maximum Gasteiger partial charge on any atom is 0.255 e. The third-order valence-corrected chi connectivity index (χ3v) is 6.08. The van der Waals surface area contributed by atoms with E-state index in [9.17, 15) is 4.79 Å². The third kappa shape index (κ3) is 4.90.